The molecule has 0 aromatic heterocycles. The Morgan fingerprint density at radius 3 is 2.36 bits per heavy atom. The smallest absolute Gasteiger partial charge is 0.0626 e. The predicted octanol–water partition coefficient (Wildman–Crippen LogP) is 3.07. The molecule has 0 saturated heterocycles. The number of hydrogen-bond donors (Lipinski definition) is 0. The van der Waals surface area contributed by atoms with Crippen LogP contribution in [0, 0.1) is 5.92 Å². The van der Waals surface area contributed by atoms with Crippen molar-refractivity contribution >= 4 is 11.6 Å². The van der Waals surface area contributed by atoms with Gasteiger partial charge in [-0.3, -0.25) is 0 Å². The molecule has 0 saturated carbocycles. The number of ether oxygens (including phenoxy) is 1. The van der Waals surface area contributed by atoms with Crippen LogP contribution in [0.5, 0.6) is 0 Å². The summed E-state index contributed by atoms with van der Waals surface area (Å²) in [5.41, 5.74) is 0. The van der Waals surface area contributed by atoms with Gasteiger partial charge in [-0.25, -0.2) is 0 Å². The zero-order valence-electron chi connectivity index (χ0n) is 7.77. The third-order valence-corrected chi connectivity index (χ3v) is 1.99. The van der Waals surface area contributed by atoms with Gasteiger partial charge in [0, 0.05) is 7.11 Å². The summed E-state index contributed by atoms with van der Waals surface area (Å²) in [5, 5.41) is 0.207. The molecule has 11 heavy (non-hydrogen) atoms. The Morgan fingerprint density at radius 2 is 1.91 bits per heavy atom. The van der Waals surface area contributed by atoms with Gasteiger partial charge in [-0.1, -0.05) is 26.7 Å². The number of alkyl halides is 1. The van der Waals surface area contributed by atoms with Gasteiger partial charge < -0.3 is 4.74 Å². The number of hydrogen-bond acceptors (Lipinski definition) is 1. The summed E-state index contributed by atoms with van der Waals surface area (Å²) in [5.74, 6) is 0.793. The highest BCUT2D eigenvalue weighted by molar-refractivity contribution is 6.20. The van der Waals surface area contributed by atoms with E-state index < -0.39 is 0 Å². The molecule has 0 aromatic rings. The van der Waals surface area contributed by atoms with Gasteiger partial charge in [0.2, 0.25) is 0 Å². The summed E-state index contributed by atoms with van der Waals surface area (Å²) in [7, 11) is 1.69. The van der Waals surface area contributed by atoms with Crippen molar-refractivity contribution in [1.29, 1.82) is 0 Å². The highest BCUT2D eigenvalue weighted by Gasteiger charge is 2.03. The molecular weight excluding hydrogens is 160 g/mol. The normalized spacial score (nSPS) is 13.9. The first-order chi connectivity index (χ1) is 5.16. The highest BCUT2D eigenvalue weighted by Crippen LogP contribution is 2.11. The van der Waals surface area contributed by atoms with Gasteiger partial charge >= 0.3 is 0 Å². The molecular formula is C9H19ClO. The molecule has 2 heteroatoms. The Bertz CT molecular complexity index is 83.6. The van der Waals surface area contributed by atoms with E-state index in [2.05, 4.69) is 13.8 Å². The lowest BCUT2D eigenvalue weighted by Gasteiger charge is -2.08. The maximum absolute atomic E-state index is 5.94. The average Bonchev–Trinajstić information content (AvgIpc) is 1.87. The first kappa shape index (κ1) is 11.2. The van der Waals surface area contributed by atoms with Crippen LogP contribution < -0.4 is 0 Å². The lowest BCUT2D eigenvalue weighted by Crippen LogP contribution is -2.07. The summed E-state index contributed by atoms with van der Waals surface area (Å²) in [6, 6.07) is 0. The minimum absolute atomic E-state index is 0.207. The van der Waals surface area contributed by atoms with Crippen molar-refractivity contribution < 1.29 is 4.74 Å². The minimum Gasteiger partial charge on any atom is -0.383 e. The molecule has 0 bridgehead atoms. The molecule has 0 aliphatic carbocycles. The molecule has 0 heterocycles. The molecule has 0 aliphatic rings. The lowest BCUT2D eigenvalue weighted by atomic mass is 10.1. The largest absolute Gasteiger partial charge is 0.383 e. The molecule has 0 aromatic carbocycles. The van der Waals surface area contributed by atoms with E-state index >= 15 is 0 Å². The molecule has 1 atom stereocenters. The van der Waals surface area contributed by atoms with Crippen molar-refractivity contribution in [3.05, 3.63) is 0 Å². The molecule has 0 radical (unpaired) electrons. The Morgan fingerprint density at radius 1 is 1.27 bits per heavy atom. The standard InChI is InChI=1S/C9H19ClO/c1-8(2)5-4-6-9(10)7-11-3/h8-9H,4-7H2,1-3H3. The van der Waals surface area contributed by atoms with Gasteiger partial charge in [0.15, 0.2) is 0 Å². The van der Waals surface area contributed by atoms with Gasteiger partial charge in [-0.05, 0) is 12.3 Å². The van der Waals surface area contributed by atoms with E-state index in [0.29, 0.717) is 6.61 Å². The van der Waals surface area contributed by atoms with Crippen molar-refractivity contribution in [3.63, 3.8) is 0 Å². The van der Waals surface area contributed by atoms with E-state index in [9.17, 15) is 0 Å². The van der Waals surface area contributed by atoms with Crippen LogP contribution in [0.15, 0.2) is 0 Å². The molecule has 0 spiro atoms. The zero-order valence-corrected chi connectivity index (χ0v) is 8.53. The summed E-state index contributed by atoms with van der Waals surface area (Å²) in [4.78, 5) is 0. The van der Waals surface area contributed by atoms with Gasteiger partial charge in [0.05, 0.1) is 12.0 Å². The number of methoxy groups -OCH3 is 1. The Labute approximate surface area is 75.1 Å². The van der Waals surface area contributed by atoms with E-state index in [1.54, 1.807) is 7.11 Å². The molecule has 1 nitrogen and oxygen atoms in total. The van der Waals surface area contributed by atoms with Crippen molar-refractivity contribution in [2.75, 3.05) is 13.7 Å². The third-order valence-electron chi connectivity index (χ3n) is 1.65. The fourth-order valence-corrected chi connectivity index (χ4v) is 1.29. The van der Waals surface area contributed by atoms with Crippen LogP contribution in [-0.2, 0) is 4.74 Å². The van der Waals surface area contributed by atoms with Crippen molar-refractivity contribution in [2.24, 2.45) is 5.92 Å². The monoisotopic (exact) mass is 178 g/mol. The van der Waals surface area contributed by atoms with Crippen molar-refractivity contribution in [3.8, 4) is 0 Å². The zero-order chi connectivity index (χ0) is 8.69. The molecule has 0 fully saturated rings. The average molecular weight is 179 g/mol. The maximum Gasteiger partial charge on any atom is 0.0626 e. The van der Waals surface area contributed by atoms with Crippen molar-refractivity contribution in [1.82, 2.24) is 0 Å². The van der Waals surface area contributed by atoms with Crippen LogP contribution in [0.3, 0.4) is 0 Å². The molecule has 1 unspecified atom stereocenters. The van der Waals surface area contributed by atoms with Crippen molar-refractivity contribution in [2.45, 2.75) is 38.5 Å². The molecule has 0 amide bonds. The van der Waals surface area contributed by atoms with E-state index in [0.717, 1.165) is 12.3 Å². The quantitative estimate of drug-likeness (QED) is 0.568. The van der Waals surface area contributed by atoms with E-state index in [1.165, 1.54) is 12.8 Å². The SMILES string of the molecule is COCC(Cl)CCCC(C)C. The second-order valence-electron chi connectivity index (χ2n) is 3.38. The molecule has 0 rings (SSSR count). The third kappa shape index (κ3) is 8.15. The molecule has 0 N–H and O–H groups in total. The first-order valence-electron chi connectivity index (χ1n) is 4.29. The van der Waals surface area contributed by atoms with Gasteiger partial charge in [0.1, 0.15) is 0 Å². The number of halogens is 1. The maximum atomic E-state index is 5.94. The predicted molar refractivity (Wildman–Crippen MR) is 50.2 cm³/mol. The highest BCUT2D eigenvalue weighted by atomic mass is 35.5. The first-order valence-corrected chi connectivity index (χ1v) is 4.73. The van der Waals surface area contributed by atoms with Crippen LogP contribution in [0.1, 0.15) is 33.1 Å². The Hall–Kier alpha value is 0.250. The van der Waals surface area contributed by atoms with Gasteiger partial charge in [-0.15, -0.1) is 11.6 Å². The van der Waals surface area contributed by atoms with E-state index in [-0.39, 0.29) is 5.38 Å². The fourth-order valence-electron chi connectivity index (χ4n) is 1.01. The summed E-state index contributed by atoms with van der Waals surface area (Å²) < 4.78 is 4.93. The summed E-state index contributed by atoms with van der Waals surface area (Å²) in [6.45, 7) is 5.15. The van der Waals surface area contributed by atoms with Crippen LogP contribution in [0.25, 0.3) is 0 Å². The Kier molecular flexibility index (Phi) is 7.09. The van der Waals surface area contributed by atoms with Crippen LogP contribution in [0.2, 0.25) is 0 Å². The van der Waals surface area contributed by atoms with E-state index in [1.807, 2.05) is 0 Å². The molecule has 0 aliphatic heterocycles. The Balaban J connectivity index is 3.10. The summed E-state index contributed by atoms with van der Waals surface area (Å²) >= 11 is 5.94. The molecule has 68 valence electrons. The minimum atomic E-state index is 0.207. The van der Waals surface area contributed by atoms with Crippen LogP contribution >= 0.6 is 11.6 Å². The fraction of sp³-hybridized carbons (Fsp3) is 1.00. The van der Waals surface area contributed by atoms with Crippen LogP contribution in [-0.4, -0.2) is 19.1 Å². The second-order valence-corrected chi connectivity index (χ2v) is 3.99. The second kappa shape index (κ2) is 6.93. The summed E-state index contributed by atoms with van der Waals surface area (Å²) in [6.07, 6.45) is 3.57. The van der Waals surface area contributed by atoms with Gasteiger partial charge in [0.25, 0.3) is 0 Å². The van der Waals surface area contributed by atoms with Gasteiger partial charge in [-0.2, -0.15) is 0 Å². The van der Waals surface area contributed by atoms with Crippen LogP contribution in [0.4, 0.5) is 0 Å². The topological polar surface area (TPSA) is 9.23 Å². The van der Waals surface area contributed by atoms with E-state index in [4.69, 9.17) is 16.3 Å². The lowest BCUT2D eigenvalue weighted by molar-refractivity contribution is 0.194. The number of rotatable bonds is 6.